The van der Waals surface area contributed by atoms with E-state index in [1.54, 1.807) is 0 Å². The highest BCUT2D eigenvalue weighted by Gasteiger charge is 2.04. The Hall–Kier alpha value is -0.620. The average molecular weight is 332 g/mol. The minimum Gasteiger partial charge on any atom is -0.351 e. The summed E-state index contributed by atoms with van der Waals surface area (Å²) < 4.78 is 1.14. The molecule has 0 unspecified atom stereocenters. The number of hydrogen-bond donors (Lipinski definition) is 1. The topological polar surface area (TPSA) is 32.3 Å². The Labute approximate surface area is 110 Å². The molecule has 4 heteroatoms. The van der Waals surface area contributed by atoms with Gasteiger partial charge in [-0.2, -0.15) is 0 Å². The minimum atomic E-state index is 0.000836. The molecule has 1 N–H and O–H groups in total. The van der Waals surface area contributed by atoms with E-state index in [-0.39, 0.29) is 5.91 Å². The van der Waals surface area contributed by atoms with E-state index in [4.69, 9.17) is 0 Å². The molecule has 0 saturated heterocycles. The van der Waals surface area contributed by atoms with E-state index >= 15 is 0 Å². The van der Waals surface area contributed by atoms with Gasteiger partial charge < -0.3 is 10.2 Å². The van der Waals surface area contributed by atoms with Crippen molar-refractivity contribution in [2.75, 3.05) is 26.7 Å². The van der Waals surface area contributed by atoms with E-state index in [0.29, 0.717) is 6.54 Å². The highest BCUT2D eigenvalue weighted by molar-refractivity contribution is 14.1. The van der Waals surface area contributed by atoms with Gasteiger partial charge in [-0.1, -0.05) is 6.92 Å². The van der Waals surface area contributed by atoms with Crippen LogP contribution in [0.15, 0.2) is 24.3 Å². The standard InChI is InChI=1S/C12H17IN2O/c1-3-15(2)9-8-14-12(16)10-4-6-11(13)7-5-10/h4-7H,3,8-9H2,1-2H3,(H,14,16). The van der Waals surface area contributed by atoms with Crippen molar-refractivity contribution in [2.24, 2.45) is 0 Å². The van der Waals surface area contributed by atoms with E-state index in [2.05, 4.69) is 39.7 Å². The Bertz CT molecular complexity index is 337. The smallest absolute Gasteiger partial charge is 0.251 e. The molecule has 3 nitrogen and oxygen atoms in total. The zero-order valence-electron chi connectivity index (χ0n) is 9.66. The Balaban J connectivity index is 2.38. The number of hydrogen-bond acceptors (Lipinski definition) is 2. The van der Waals surface area contributed by atoms with Gasteiger partial charge in [0, 0.05) is 22.2 Å². The molecule has 1 rings (SSSR count). The summed E-state index contributed by atoms with van der Waals surface area (Å²) in [6, 6.07) is 7.57. The second-order valence-electron chi connectivity index (χ2n) is 3.66. The number of benzene rings is 1. The number of carbonyl (C=O) groups excluding carboxylic acids is 1. The molecule has 0 spiro atoms. The summed E-state index contributed by atoms with van der Waals surface area (Å²) in [5.41, 5.74) is 0.722. The summed E-state index contributed by atoms with van der Waals surface area (Å²) in [6.07, 6.45) is 0. The first-order valence-electron chi connectivity index (χ1n) is 5.35. The summed E-state index contributed by atoms with van der Waals surface area (Å²) in [5, 5.41) is 2.90. The molecule has 0 aliphatic rings. The van der Waals surface area contributed by atoms with E-state index in [9.17, 15) is 4.79 Å². The molecule has 0 radical (unpaired) electrons. The molecule has 1 aromatic carbocycles. The fourth-order valence-corrected chi connectivity index (χ4v) is 1.58. The number of likely N-dealkylation sites (N-methyl/N-ethyl adjacent to an activating group) is 1. The second kappa shape index (κ2) is 6.85. The maximum absolute atomic E-state index is 11.7. The number of halogens is 1. The molecule has 0 bridgehead atoms. The van der Waals surface area contributed by atoms with Gasteiger partial charge in [0.05, 0.1) is 0 Å². The van der Waals surface area contributed by atoms with Crippen LogP contribution < -0.4 is 5.32 Å². The van der Waals surface area contributed by atoms with Crippen molar-refractivity contribution in [1.82, 2.24) is 10.2 Å². The maximum Gasteiger partial charge on any atom is 0.251 e. The maximum atomic E-state index is 11.7. The van der Waals surface area contributed by atoms with Gasteiger partial charge in [0.15, 0.2) is 0 Å². The van der Waals surface area contributed by atoms with Crippen molar-refractivity contribution in [3.63, 3.8) is 0 Å². The average Bonchev–Trinajstić information content (AvgIpc) is 2.29. The van der Waals surface area contributed by atoms with Crippen LogP contribution in [-0.4, -0.2) is 37.5 Å². The quantitative estimate of drug-likeness (QED) is 0.837. The van der Waals surface area contributed by atoms with E-state index in [0.717, 1.165) is 22.2 Å². The summed E-state index contributed by atoms with van der Waals surface area (Å²) in [5.74, 6) is 0.000836. The van der Waals surface area contributed by atoms with Gasteiger partial charge in [0.25, 0.3) is 5.91 Å². The first kappa shape index (κ1) is 13.4. The van der Waals surface area contributed by atoms with E-state index < -0.39 is 0 Å². The van der Waals surface area contributed by atoms with Crippen LogP contribution in [0.1, 0.15) is 17.3 Å². The molecule has 0 aliphatic carbocycles. The Morgan fingerprint density at radius 1 is 1.38 bits per heavy atom. The highest BCUT2D eigenvalue weighted by Crippen LogP contribution is 2.06. The largest absolute Gasteiger partial charge is 0.351 e. The van der Waals surface area contributed by atoms with E-state index in [1.165, 1.54) is 0 Å². The molecular formula is C12H17IN2O. The third kappa shape index (κ3) is 4.49. The lowest BCUT2D eigenvalue weighted by Crippen LogP contribution is -2.32. The molecule has 1 amide bonds. The molecule has 1 aromatic rings. The molecule has 0 aliphatic heterocycles. The summed E-state index contributed by atoms with van der Waals surface area (Å²) >= 11 is 2.22. The van der Waals surface area contributed by atoms with Crippen LogP contribution >= 0.6 is 22.6 Å². The van der Waals surface area contributed by atoms with Gasteiger partial charge in [-0.05, 0) is 60.4 Å². The number of rotatable bonds is 5. The summed E-state index contributed by atoms with van der Waals surface area (Å²) in [6.45, 7) is 4.67. The monoisotopic (exact) mass is 332 g/mol. The molecular weight excluding hydrogens is 315 g/mol. The molecule has 0 heterocycles. The fraction of sp³-hybridized carbons (Fsp3) is 0.417. The molecule has 0 saturated carbocycles. The highest BCUT2D eigenvalue weighted by atomic mass is 127. The van der Waals surface area contributed by atoms with Crippen LogP contribution in [0.5, 0.6) is 0 Å². The van der Waals surface area contributed by atoms with Crippen molar-refractivity contribution in [1.29, 1.82) is 0 Å². The van der Waals surface area contributed by atoms with Gasteiger partial charge in [-0.15, -0.1) is 0 Å². The van der Waals surface area contributed by atoms with Gasteiger partial charge in [0.2, 0.25) is 0 Å². The molecule has 88 valence electrons. The van der Waals surface area contributed by atoms with Gasteiger partial charge >= 0.3 is 0 Å². The lowest BCUT2D eigenvalue weighted by molar-refractivity contribution is 0.0950. The Kier molecular flexibility index (Phi) is 5.76. The number of nitrogens with one attached hydrogen (secondary N) is 1. The normalized spacial score (nSPS) is 10.5. The van der Waals surface area contributed by atoms with Crippen LogP contribution in [0.3, 0.4) is 0 Å². The van der Waals surface area contributed by atoms with E-state index in [1.807, 2.05) is 31.3 Å². The minimum absolute atomic E-state index is 0.000836. The third-order valence-corrected chi connectivity index (χ3v) is 3.14. The lowest BCUT2D eigenvalue weighted by atomic mass is 10.2. The summed E-state index contributed by atoms with van der Waals surface area (Å²) in [4.78, 5) is 13.9. The van der Waals surface area contributed by atoms with Gasteiger partial charge in [-0.3, -0.25) is 4.79 Å². The molecule has 0 fully saturated rings. The van der Waals surface area contributed by atoms with Crippen LogP contribution in [0, 0.1) is 3.57 Å². The van der Waals surface area contributed by atoms with Crippen LogP contribution in [0.4, 0.5) is 0 Å². The second-order valence-corrected chi connectivity index (χ2v) is 4.90. The number of carbonyl (C=O) groups is 1. The molecule has 0 atom stereocenters. The number of nitrogens with zero attached hydrogens (tertiary/aromatic N) is 1. The molecule has 16 heavy (non-hydrogen) atoms. The van der Waals surface area contributed by atoms with Crippen LogP contribution in [0.2, 0.25) is 0 Å². The number of amides is 1. The van der Waals surface area contributed by atoms with Gasteiger partial charge in [0.1, 0.15) is 0 Å². The van der Waals surface area contributed by atoms with Crippen molar-refractivity contribution >= 4 is 28.5 Å². The Morgan fingerprint density at radius 3 is 2.56 bits per heavy atom. The van der Waals surface area contributed by atoms with Crippen molar-refractivity contribution in [2.45, 2.75) is 6.92 Å². The van der Waals surface area contributed by atoms with Crippen LogP contribution in [-0.2, 0) is 0 Å². The fourth-order valence-electron chi connectivity index (χ4n) is 1.22. The third-order valence-electron chi connectivity index (χ3n) is 2.43. The molecule has 0 aromatic heterocycles. The first-order valence-corrected chi connectivity index (χ1v) is 6.43. The Morgan fingerprint density at radius 2 is 2.00 bits per heavy atom. The zero-order valence-corrected chi connectivity index (χ0v) is 11.8. The van der Waals surface area contributed by atoms with Crippen molar-refractivity contribution in [3.8, 4) is 0 Å². The van der Waals surface area contributed by atoms with Crippen LogP contribution in [0.25, 0.3) is 0 Å². The van der Waals surface area contributed by atoms with Crippen molar-refractivity contribution < 1.29 is 4.79 Å². The lowest BCUT2D eigenvalue weighted by Gasteiger charge is -2.13. The first-order chi connectivity index (χ1) is 7.63. The SMILES string of the molecule is CCN(C)CCNC(=O)c1ccc(I)cc1. The predicted octanol–water partition coefficient (Wildman–Crippen LogP) is 1.97. The predicted molar refractivity (Wildman–Crippen MR) is 74.7 cm³/mol. The zero-order chi connectivity index (χ0) is 12.0. The van der Waals surface area contributed by atoms with Crippen molar-refractivity contribution in [3.05, 3.63) is 33.4 Å². The van der Waals surface area contributed by atoms with Gasteiger partial charge in [-0.25, -0.2) is 0 Å². The summed E-state index contributed by atoms with van der Waals surface area (Å²) in [7, 11) is 2.04.